The molecule has 9 nitrogen and oxygen atoms in total. The largest absolute Gasteiger partial charge is 0.467 e. The third-order valence-electron chi connectivity index (χ3n) is 10.3. The molecular formula is C44H58N4O5. The number of carbonyl (C=O) groups is 4. The van der Waals surface area contributed by atoms with Crippen LogP contribution in [0.3, 0.4) is 0 Å². The molecule has 4 rings (SSSR count). The number of ketones is 1. The number of benzene rings is 2. The Kier molecular flexibility index (Phi) is 15.1. The molecule has 0 saturated carbocycles. The third-order valence-corrected chi connectivity index (χ3v) is 10.3. The van der Waals surface area contributed by atoms with E-state index in [1.165, 1.54) is 14.0 Å². The van der Waals surface area contributed by atoms with E-state index >= 15 is 0 Å². The average Bonchev–Trinajstić information content (AvgIpc) is 3.83. The Balaban J connectivity index is 1.33. The highest BCUT2D eigenvalue weighted by molar-refractivity contribution is 6.02. The van der Waals surface area contributed by atoms with Gasteiger partial charge in [0.2, 0.25) is 11.8 Å². The van der Waals surface area contributed by atoms with E-state index in [1.807, 2.05) is 40.1 Å². The first kappa shape index (κ1) is 41.1. The molecule has 0 aromatic heterocycles. The van der Waals surface area contributed by atoms with Crippen LogP contribution in [0.15, 0.2) is 70.9 Å². The number of esters is 1. The summed E-state index contributed by atoms with van der Waals surface area (Å²) in [6.45, 7) is 13.4. The number of methoxy groups -OCH3 is 1. The maximum Gasteiger partial charge on any atom is 0.328 e. The minimum absolute atomic E-state index is 0.000653. The van der Waals surface area contributed by atoms with Gasteiger partial charge in [-0.1, -0.05) is 103 Å². The monoisotopic (exact) mass is 722 g/mol. The maximum absolute atomic E-state index is 13.0. The molecule has 2 aliphatic heterocycles. The predicted molar refractivity (Wildman–Crippen MR) is 214 cm³/mol. The molecule has 2 aromatic carbocycles. The quantitative estimate of drug-likeness (QED) is 0.141. The molecule has 0 aliphatic carbocycles. The van der Waals surface area contributed by atoms with Crippen LogP contribution < -0.4 is 10.6 Å². The Morgan fingerprint density at radius 3 is 1.36 bits per heavy atom. The molecule has 0 unspecified atom stereocenters. The van der Waals surface area contributed by atoms with Gasteiger partial charge in [-0.15, -0.1) is 0 Å². The Morgan fingerprint density at radius 2 is 1.02 bits per heavy atom. The number of amides is 2. The lowest BCUT2D eigenvalue weighted by molar-refractivity contribution is -0.146. The van der Waals surface area contributed by atoms with Crippen molar-refractivity contribution in [3.05, 3.63) is 72.1 Å². The van der Waals surface area contributed by atoms with E-state index in [0.717, 1.165) is 70.5 Å². The summed E-state index contributed by atoms with van der Waals surface area (Å²) in [5, 5.41) is 5.82. The van der Waals surface area contributed by atoms with Crippen LogP contribution in [0.25, 0.3) is 22.3 Å². The lowest BCUT2D eigenvalue weighted by atomic mass is 9.88. The second kappa shape index (κ2) is 19.4. The van der Waals surface area contributed by atoms with Crippen molar-refractivity contribution in [2.75, 3.05) is 7.11 Å². The fourth-order valence-corrected chi connectivity index (χ4v) is 7.25. The first-order valence-corrected chi connectivity index (χ1v) is 19.2. The molecule has 284 valence electrons. The van der Waals surface area contributed by atoms with Crippen molar-refractivity contribution in [2.45, 2.75) is 112 Å². The molecule has 2 amide bonds. The zero-order chi connectivity index (χ0) is 38.7. The van der Waals surface area contributed by atoms with Gasteiger partial charge in [-0.05, 0) is 65.0 Å². The average molecular weight is 723 g/mol. The molecule has 0 bridgehead atoms. The summed E-state index contributed by atoms with van der Waals surface area (Å²) in [6, 6.07) is 15.9. The van der Waals surface area contributed by atoms with Crippen molar-refractivity contribution < 1.29 is 23.9 Å². The Labute approximate surface area is 315 Å². The number of hydrogen-bond donors (Lipinski definition) is 2. The van der Waals surface area contributed by atoms with E-state index in [0.29, 0.717) is 19.3 Å². The summed E-state index contributed by atoms with van der Waals surface area (Å²) >= 11 is 0. The fourth-order valence-electron chi connectivity index (χ4n) is 7.25. The van der Waals surface area contributed by atoms with Gasteiger partial charge < -0.3 is 15.4 Å². The zero-order valence-corrected chi connectivity index (χ0v) is 32.8. The SMILES string of the molecule is CCC[C@H](CC(=O)N[C@H](C(C)=O)C(C)C)C1=NC=C(c2ccc(-c3ccc(C4=CN=C([C@H](CCC)CC(=O)N[C@H](C(=O)OC)C(C)C)C4)cc3)cc2)C1. The summed E-state index contributed by atoms with van der Waals surface area (Å²) in [5.74, 6) is -0.702. The molecule has 0 fully saturated rings. The fraction of sp³-hybridized carbons (Fsp3) is 0.500. The predicted octanol–water partition coefficient (Wildman–Crippen LogP) is 8.38. The van der Waals surface area contributed by atoms with Crippen LogP contribution in [0.4, 0.5) is 0 Å². The van der Waals surface area contributed by atoms with E-state index in [4.69, 9.17) is 14.7 Å². The topological polar surface area (TPSA) is 126 Å². The van der Waals surface area contributed by atoms with Crippen molar-refractivity contribution in [3.8, 4) is 11.1 Å². The molecule has 2 aliphatic rings. The summed E-state index contributed by atoms with van der Waals surface area (Å²) in [4.78, 5) is 59.6. The summed E-state index contributed by atoms with van der Waals surface area (Å²) in [7, 11) is 1.34. The normalized spacial score (nSPS) is 16.3. The highest BCUT2D eigenvalue weighted by Crippen LogP contribution is 2.33. The van der Waals surface area contributed by atoms with Crippen LogP contribution in [-0.4, -0.2) is 54.2 Å². The first-order chi connectivity index (χ1) is 25.3. The first-order valence-electron chi connectivity index (χ1n) is 19.2. The molecule has 53 heavy (non-hydrogen) atoms. The molecule has 0 spiro atoms. The Morgan fingerprint density at radius 1 is 0.642 bits per heavy atom. The van der Waals surface area contributed by atoms with Gasteiger partial charge in [0, 0.05) is 61.3 Å². The van der Waals surface area contributed by atoms with Gasteiger partial charge in [-0.2, -0.15) is 0 Å². The third kappa shape index (κ3) is 11.2. The number of rotatable bonds is 19. The molecule has 4 atom stereocenters. The van der Waals surface area contributed by atoms with Crippen molar-refractivity contribution in [1.82, 2.24) is 10.6 Å². The number of ether oxygens (including phenoxy) is 1. The van der Waals surface area contributed by atoms with Gasteiger partial charge in [0.25, 0.3) is 0 Å². The molecule has 0 saturated heterocycles. The van der Waals surface area contributed by atoms with Crippen LogP contribution in [0, 0.1) is 23.7 Å². The lowest BCUT2D eigenvalue weighted by Crippen LogP contribution is -2.45. The smallest absolute Gasteiger partial charge is 0.328 e. The second-order valence-electron chi connectivity index (χ2n) is 15.1. The number of nitrogens with zero attached hydrogens (tertiary/aromatic N) is 2. The Bertz CT molecular complexity index is 1730. The van der Waals surface area contributed by atoms with Gasteiger partial charge >= 0.3 is 5.97 Å². The number of nitrogens with one attached hydrogen (secondary N) is 2. The van der Waals surface area contributed by atoms with E-state index in [2.05, 4.69) is 73.0 Å². The standard InChI is InChI=1S/C44H58N4O5/c1-9-11-34(23-40(50)47-42(27(3)4)29(7)49)38-21-36(25-45-38)32-17-13-30(14-18-32)31-15-19-33(20-16-31)37-22-39(46-26-37)35(12-10-2)24-41(51)48-43(28(5)6)44(52)53-8/h13-20,25-28,34-35,42-43H,9-12,21-24H2,1-8H3,(H,47,50)(H,48,51)/t34-,35-,42+,43+/m1/s1. The number of allylic oxidation sites excluding steroid dienone is 2. The second-order valence-corrected chi connectivity index (χ2v) is 15.1. The highest BCUT2D eigenvalue weighted by Gasteiger charge is 2.29. The van der Waals surface area contributed by atoms with Gasteiger partial charge in [-0.25, -0.2) is 4.79 Å². The van der Waals surface area contributed by atoms with Crippen LogP contribution in [-0.2, 0) is 23.9 Å². The number of hydrogen-bond acceptors (Lipinski definition) is 7. The van der Waals surface area contributed by atoms with E-state index < -0.39 is 18.1 Å². The van der Waals surface area contributed by atoms with Gasteiger partial charge in [0.05, 0.1) is 13.2 Å². The van der Waals surface area contributed by atoms with Gasteiger partial charge in [0.15, 0.2) is 5.78 Å². The summed E-state index contributed by atoms with van der Waals surface area (Å²) in [5.41, 5.74) is 8.73. The molecule has 2 aromatic rings. The minimum atomic E-state index is -0.668. The molecule has 2 heterocycles. The van der Waals surface area contributed by atoms with Crippen LogP contribution in [0.5, 0.6) is 0 Å². The van der Waals surface area contributed by atoms with E-state index in [1.54, 1.807) is 0 Å². The van der Waals surface area contributed by atoms with E-state index in [9.17, 15) is 19.2 Å². The Hall–Kier alpha value is -4.66. The molecule has 2 N–H and O–H groups in total. The molecular weight excluding hydrogens is 665 g/mol. The number of carbonyl (C=O) groups excluding carboxylic acids is 4. The van der Waals surface area contributed by atoms with Crippen molar-refractivity contribution >= 4 is 46.1 Å². The summed E-state index contributed by atoms with van der Waals surface area (Å²) < 4.78 is 4.89. The van der Waals surface area contributed by atoms with Crippen molar-refractivity contribution in [2.24, 2.45) is 33.7 Å². The lowest BCUT2D eigenvalue weighted by Gasteiger charge is -2.22. The van der Waals surface area contributed by atoms with Crippen LogP contribution in [0.1, 0.15) is 111 Å². The highest BCUT2D eigenvalue weighted by atomic mass is 16.5. The van der Waals surface area contributed by atoms with Crippen LogP contribution >= 0.6 is 0 Å². The maximum atomic E-state index is 13.0. The minimum Gasteiger partial charge on any atom is -0.467 e. The van der Waals surface area contributed by atoms with Gasteiger partial charge in [-0.3, -0.25) is 24.4 Å². The number of Topliss-reactive ketones (excluding diaryl/α,β-unsaturated/α-hetero) is 1. The molecule has 0 radical (unpaired) electrons. The number of aliphatic imine (C=N–C) groups is 2. The van der Waals surface area contributed by atoms with E-state index in [-0.39, 0.29) is 47.7 Å². The van der Waals surface area contributed by atoms with Crippen molar-refractivity contribution in [1.29, 1.82) is 0 Å². The van der Waals surface area contributed by atoms with Crippen molar-refractivity contribution in [3.63, 3.8) is 0 Å². The van der Waals surface area contributed by atoms with Crippen LogP contribution in [0.2, 0.25) is 0 Å². The zero-order valence-electron chi connectivity index (χ0n) is 32.8. The van der Waals surface area contributed by atoms with Gasteiger partial charge in [0.1, 0.15) is 6.04 Å². The summed E-state index contributed by atoms with van der Waals surface area (Å²) in [6.07, 6.45) is 9.45. The molecule has 9 heteroatoms.